The van der Waals surface area contributed by atoms with Gasteiger partial charge in [0.05, 0.1) is 12.7 Å². The summed E-state index contributed by atoms with van der Waals surface area (Å²) in [6.45, 7) is 2.17. The van der Waals surface area contributed by atoms with Crippen LogP contribution < -0.4 is 10.5 Å². The lowest BCUT2D eigenvalue weighted by molar-refractivity contribution is 0.0987. The molecule has 0 bridgehead atoms. The van der Waals surface area contributed by atoms with E-state index in [9.17, 15) is 18.0 Å². The van der Waals surface area contributed by atoms with Crippen LogP contribution >= 0.6 is 0 Å². The summed E-state index contributed by atoms with van der Waals surface area (Å²) in [7, 11) is 1.22. The first kappa shape index (κ1) is 23.9. The molecular weight excluding hydrogens is 443 g/mol. The lowest BCUT2D eigenvalue weighted by atomic mass is 9.75. The highest BCUT2D eigenvalue weighted by molar-refractivity contribution is 5.96. The van der Waals surface area contributed by atoms with Gasteiger partial charge < -0.3 is 10.5 Å². The lowest BCUT2D eigenvalue weighted by Gasteiger charge is -2.32. The van der Waals surface area contributed by atoms with Crippen molar-refractivity contribution in [2.75, 3.05) is 7.11 Å². The molecule has 1 aliphatic rings. The highest BCUT2D eigenvalue weighted by Crippen LogP contribution is 2.37. The Labute approximate surface area is 196 Å². The highest BCUT2D eigenvalue weighted by Gasteiger charge is 2.28. The second-order valence-corrected chi connectivity index (χ2v) is 8.91. The second kappa shape index (κ2) is 9.93. The SMILES string of the molecule is COc1ccc(F)c(-c2nc(C(=O)Cc3cnccc3[C@@H]3C[C@H](C)C[C@H](N)C3)ccc2F)c1F. The van der Waals surface area contributed by atoms with Gasteiger partial charge in [-0.3, -0.25) is 9.78 Å². The van der Waals surface area contributed by atoms with E-state index in [1.165, 1.54) is 13.2 Å². The van der Waals surface area contributed by atoms with Crippen LogP contribution in [0.2, 0.25) is 0 Å². The fourth-order valence-corrected chi connectivity index (χ4v) is 4.84. The van der Waals surface area contributed by atoms with Crippen molar-refractivity contribution < 1.29 is 22.7 Å². The third-order valence-corrected chi connectivity index (χ3v) is 6.36. The Bertz CT molecular complexity index is 1210. The van der Waals surface area contributed by atoms with Crippen molar-refractivity contribution in [3.05, 3.63) is 77.0 Å². The fourth-order valence-electron chi connectivity index (χ4n) is 4.84. The molecule has 8 heteroatoms. The van der Waals surface area contributed by atoms with Gasteiger partial charge in [0.1, 0.15) is 23.0 Å². The minimum absolute atomic E-state index is 0.0234. The lowest BCUT2D eigenvalue weighted by Crippen LogP contribution is -2.31. The van der Waals surface area contributed by atoms with Gasteiger partial charge in [-0.05, 0) is 72.6 Å². The second-order valence-electron chi connectivity index (χ2n) is 8.91. The van der Waals surface area contributed by atoms with E-state index in [-0.39, 0.29) is 29.8 Å². The number of hydrogen-bond donors (Lipinski definition) is 1. The number of nitrogens with two attached hydrogens (primary N) is 1. The van der Waals surface area contributed by atoms with Crippen molar-refractivity contribution in [3.8, 4) is 17.0 Å². The largest absolute Gasteiger partial charge is 0.494 e. The molecule has 178 valence electrons. The number of hydrogen-bond acceptors (Lipinski definition) is 5. The van der Waals surface area contributed by atoms with Gasteiger partial charge in [0, 0.05) is 24.9 Å². The van der Waals surface area contributed by atoms with E-state index in [1.54, 1.807) is 12.4 Å². The van der Waals surface area contributed by atoms with Gasteiger partial charge in [-0.1, -0.05) is 6.92 Å². The van der Waals surface area contributed by atoms with Crippen LogP contribution in [0, 0.1) is 23.4 Å². The van der Waals surface area contributed by atoms with E-state index in [2.05, 4.69) is 16.9 Å². The van der Waals surface area contributed by atoms with E-state index in [0.29, 0.717) is 5.92 Å². The van der Waals surface area contributed by atoms with Crippen LogP contribution in [0.25, 0.3) is 11.3 Å². The standard InChI is InChI=1S/C26H26F3N3O2/c1-14-9-15(11-17(30)10-14)18-7-8-31-13-16(18)12-22(33)21-5-3-20(28)26(32-21)24-19(27)4-6-23(34-2)25(24)29/h3-8,13-15,17H,9-12,30H2,1-2H3/t14-,15+,17-/m0/s1. The van der Waals surface area contributed by atoms with Gasteiger partial charge in [0.25, 0.3) is 0 Å². The molecule has 0 unspecified atom stereocenters. The van der Waals surface area contributed by atoms with E-state index in [1.807, 2.05) is 6.07 Å². The number of halogens is 3. The maximum atomic E-state index is 14.7. The van der Waals surface area contributed by atoms with Gasteiger partial charge in [-0.2, -0.15) is 0 Å². The summed E-state index contributed by atoms with van der Waals surface area (Å²) in [6.07, 6.45) is 6.07. The normalized spacial score (nSPS) is 20.2. The number of ketones is 1. The zero-order chi connectivity index (χ0) is 24.4. The molecule has 0 radical (unpaired) electrons. The van der Waals surface area contributed by atoms with Crippen molar-refractivity contribution in [2.45, 2.75) is 44.6 Å². The van der Waals surface area contributed by atoms with Crippen LogP contribution in [0.3, 0.4) is 0 Å². The minimum Gasteiger partial charge on any atom is -0.494 e. The molecule has 2 heterocycles. The molecule has 5 nitrogen and oxygen atoms in total. The first-order chi connectivity index (χ1) is 16.3. The predicted molar refractivity (Wildman–Crippen MR) is 122 cm³/mol. The number of ether oxygens (including phenoxy) is 1. The Morgan fingerprint density at radius 2 is 1.85 bits per heavy atom. The maximum Gasteiger partial charge on any atom is 0.185 e. The van der Waals surface area contributed by atoms with Gasteiger partial charge in [0.15, 0.2) is 17.3 Å². The summed E-state index contributed by atoms with van der Waals surface area (Å²) in [4.78, 5) is 21.3. The number of aromatic nitrogens is 2. The molecular formula is C26H26F3N3O2. The number of carbonyl (C=O) groups excluding carboxylic acids is 1. The topological polar surface area (TPSA) is 78.1 Å². The first-order valence-electron chi connectivity index (χ1n) is 11.2. The predicted octanol–water partition coefficient (Wildman–Crippen LogP) is 5.23. The molecule has 0 spiro atoms. The molecule has 1 saturated carbocycles. The molecule has 3 aromatic rings. The quantitative estimate of drug-likeness (QED) is 0.501. The molecule has 2 aromatic heterocycles. The zero-order valence-electron chi connectivity index (χ0n) is 19.0. The minimum atomic E-state index is -1.09. The van der Waals surface area contributed by atoms with E-state index in [0.717, 1.165) is 48.6 Å². The zero-order valence-corrected chi connectivity index (χ0v) is 19.0. The van der Waals surface area contributed by atoms with Gasteiger partial charge in [-0.15, -0.1) is 0 Å². The van der Waals surface area contributed by atoms with Gasteiger partial charge in [-0.25, -0.2) is 18.2 Å². The molecule has 0 saturated heterocycles. The van der Waals surface area contributed by atoms with Crippen LogP contribution in [0.4, 0.5) is 13.2 Å². The number of rotatable bonds is 6. The number of carbonyl (C=O) groups is 1. The summed E-state index contributed by atoms with van der Waals surface area (Å²) in [5.41, 5.74) is 6.62. The van der Waals surface area contributed by atoms with Crippen molar-refractivity contribution in [1.82, 2.24) is 9.97 Å². The summed E-state index contributed by atoms with van der Waals surface area (Å²) >= 11 is 0. The summed E-state index contributed by atoms with van der Waals surface area (Å²) in [5, 5.41) is 0. The Balaban J connectivity index is 1.66. The van der Waals surface area contributed by atoms with Crippen LogP contribution in [0.15, 0.2) is 42.7 Å². The van der Waals surface area contributed by atoms with Crippen LogP contribution in [0.1, 0.15) is 53.7 Å². The van der Waals surface area contributed by atoms with Crippen molar-refractivity contribution in [2.24, 2.45) is 11.7 Å². The Hall–Kier alpha value is -3.26. The van der Waals surface area contributed by atoms with Crippen molar-refractivity contribution >= 4 is 5.78 Å². The molecule has 2 N–H and O–H groups in total. The number of methoxy groups -OCH3 is 1. The Morgan fingerprint density at radius 1 is 1.09 bits per heavy atom. The van der Waals surface area contributed by atoms with E-state index in [4.69, 9.17) is 10.5 Å². The van der Waals surface area contributed by atoms with Crippen molar-refractivity contribution in [1.29, 1.82) is 0 Å². The molecule has 0 aliphatic heterocycles. The van der Waals surface area contributed by atoms with E-state index < -0.39 is 34.5 Å². The van der Waals surface area contributed by atoms with Crippen molar-refractivity contribution in [3.63, 3.8) is 0 Å². The molecule has 0 amide bonds. The molecule has 1 aliphatic carbocycles. The Morgan fingerprint density at radius 3 is 2.59 bits per heavy atom. The molecule has 4 rings (SSSR count). The maximum absolute atomic E-state index is 14.7. The number of Topliss-reactive ketones (excluding diaryl/α,β-unsaturated/α-hetero) is 1. The monoisotopic (exact) mass is 469 g/mol. The third-order valence-electron chi connectivity index (χ3n) is 6.36. The summed E-state index contributed by atoms with van der Waals surface area (Å²) < 4.78 is 48.6. The van der Waals surface area contributed by atoms with Crippen LogP contribution in [-0.2, 0) is 6.42 Å². The third kappa shape index (κ3) is 4.82. The van der Waals surface area contributed by atoms with Gasteiger partial charge in [0.2, 0.25) is 0 Å². The highest BCUT2D eigenvalue weighted by atomic mass is 19.1. The van der Waals surface area contributed by atoms with Crippen LogP contribution in [0.5, 0.6) is 5.75 Å². The van der Waals surface area contributed by atoms with E-state index >= 15 is 0 Å². The Kier molecular flexibility index (Phi) is 6.97. The number of pyridine rings is 2. The molecule has 3 atom stereocenters. The molecule has 1 aromatic carbocycles. The average molecular weight is 470 g/mol. The fraction of sp³-hybridized carbons (Fsp3) is 0.346. The first-order valence-corrected chi connectivity index (χ1v) is 11.2. The summed E-state index contributed by atoms with van der Waals surface area (Å²) in [6, 6.07) is 6.27. The van der Waals surface area contributed by atoms with Crippen LogP contribution in [-0.4, -0.2) is 28.9 Å². The smallest absolute Gasteiger partial charge is 0.185 e. The number of benzene rings is 1. The van der Waals surface area contributed by atoms with Gasteiger partial charge >= 0.3 is 0 Å². The molecule has 34 heavy (non-hydrogen) atoms. The number of nitrogens with zero attached hydrogens (tertiary/aromatic N) is 2. The average Bonchev–Trinajstić information content (AvgIpc) is 2.80. The summed E-state index contributed by atoms with van der Waals surface area (Å²) in [5.74, 6) is -3.03. The molecule has 1 fully saturated rings.